The van der Waals surface area contributed by atoms with Crippen LogP contribution in [0.25, 0.3) is 5.82 Å². The molecule has 0 saturated heterocycles. The monoisotopic (exact) mass is 147 g/mol. The van der Waals surface area contributed by atoms with Crippen LogP contribution in [0.4, 0.5) is 0 Å². The number of aromatic nitrogens is 5. The van der Waals surface area contributed by atoms with E-state index in [4.69, 9.17) is 0 Å². The van der Waals surface area contributed by atoms with E-state index in [1.54, 1.807) is 29.6 Å². The molecule has 2 aromatic heterocycles. The Balaban J connectivity index is 2.46. The van der Waals surface area contributed by atoms with Crippen molar-refractivity contribution >= 4 is 0 Å². The van der Waals surface area contributed by atoms with E-state index in [2.05, 4.69) is 20.1 Å². The van der Waals surface area contributed by atoms with Gasteiger partial charge in [0.25, 0.3) is 0 Å². The largest absolute Gasteiger partial charge is 0.259 e. The average molecular weight is 147 g/mol. The summed E-state index contributed by atoms with van der Waals surface area (Å²) in [7, 11) is 0. The molecule has 54 valence electrons. The summed E-state index contributed by atoms with van der Waals surface area (Å²) < 4.78 is 1.55. The highest BCUT2D eigenvalue weighted by Gasteiger charge is 1.94. The van der Waals surface area contributed by atoms with Crippen molar-refractivity contribution < 1.29 is 0 Å². The number of rotatable bonds is 1. The van der Waals surface area contributed by atoms with E-state index in [0.29, 0.717) is 5.82 Å². The van der Waals surface area contributed by atoms with Crippen LogP contribution >= 0.6 is 0 Å². The van der Waals surface area contributed by atoms with Crippen molar-refractivity contribution in [1.82, 2.24) is 24.7 Å². The SMILES string of the molecule is c1cnc(-n2cncn2)cn1. The van der Waals surface area contributed by atoms with Crippen molar-refractivity contribution in [3.05, 3.63) is 31.2 Å². The Bertz CT molecular complexity index is 314. The van der Waals surface area contributed by atoms with Gasteiger partial charge in [0.15, 0.2) is 5.82 Å². The quantitative estimate of drug-likeness (QED) is 0.572. The lowest BCUT2D eigenvalue weighted by molar-refractivity contribution is 0.836. The van der Waals surface area contributed by atoms with Gasteiger partial charge < -0.3 is 0 Å². The van der Waals surface area contributed by atoms with E-state index in [1.807, 2.05) is 0 Å². The standard InChI is InChI=1S/C6H5N5/c1-2-9-6(3-7-1)11-5-8-4-10-11/h1-5H. The Labute approximate surface area is 62.8 Å². The summed E-state index contributed by atoms with van der Waals surface area (Å²) >= 11 is 0. The molecule has 11 heavy (non-hydrogen) atoms. The van der Waals surface area contributed by atoms with Crippen LogP contribution in [0.1, 0.15) is 0 Å². The fraction of sp³-hybridized carbons (Fsp3) is 0. The lowest BCUT2D eigenvalue weighted by atomic mass is 10.7. The molecule has 2 aromatic rings. The van der Waals surface area contributed by atoms with Crippen LogP contribution in [-0.4, -0.2) is 24.7 Å². The number of nitrogens with zero attached hydrogens (tertiary/aromatic N) is 5. The summed E-state index contributed by atoms with van der Waals surface area (Å²) in [5, 5.41) is 3.89. The van der Waals surface area contributed by atoms with Gasteiger partial charge in [-0.15, -0.1) is 0 Å². The predicted octanol–water partition coefficient (Wildman–Crippen LogP) is 0.0573. The summed E-state index contributed by atoms with van der Waals surface area (Å²) in [6.07, 6.45) is 7.87. The van der Waals surface area contributed by atoms with Gasteiger partial charge >= 0.3 is 0 Å². The maximum Gasteiger partial charge on any atom is 0.173 e. The zero-order valence-electron chi connectivity index (χ0n) is 5.62. The minimum Gasteiger partial charge on any atom is -0.259 e. The van der Waals surface area contributed by atoms with Crippen LogP contribution < -0.4 is 0 Å². The normalized spacial score (nSPS) is 9.82. The molecule has 0 aliphatic carbocycles. The zero-order chi connectivity index (χ0) is 7.52. The number of hydrogen-bond donors (Lipinski definition) is 0. The maximum absolute atomic E-state index is 4.02. The van der Waals surface area contributed by atoms with E-state index in [0.717, 1.165) is 0 Å². The van der Waals surface area contributed by atoms with Gasteiger partial charge in [0.1, 0.15) is 12.7 Å². The molecule has 2 heterocycles. The Morgan fingerprint density at radius 1 is 1.18 bits per heavy atom. The van der Waals surface area contributed by atoms with Gasteiger partial charge in [-0.1, -0.05) is 0 Å². The lowest BCUT2D eigenvalue weighted by Crippen LogP contribution is -1.97. The first-order valence-electron chi connectivity index (χ1n) is 3.08. The van der Waals surface area contributed by atoms with Crippen LogP contribution in [0.2, 0.25) is 0 Å². The van der Waals surface area contributed by atoms with Crippen LogP contribution in [0.5, 0.6) is 0 Å². The van der Waals surface area contributed by atoms with E-state index >= 15 is 0 Å². The minimum atomic E-state index is 0.671. The first-order valence-corrected chi connectivity index (χ1v) is 3.08. The first-order chi connectivity index (χ1) is 5.47. The molecule has 0 amide bonds. The first kappa shape index (κ1) is 5.96. The third-order valence-corrected chi connectivity index (χ3v) is 1.20. The summed E-state index contributed by atoms with van der Waals surface area (Å²) in [4.78, 5) is 11.7. The molecule has 0 N–H and O–H groups in total. The molecule has 0 spiro atoms. The van der Waals surface area contributed by atoms with Gasteiger partial charge in [-0.25, -0.2) is 14.6 Å². The molecule has 2 rings (SSSR count). The fourth-order valence-electron chi connectivity index (χ4n) is 0.736. The molecule has 0 aliphatic rings. The van der Waals surface area contributed by atoms with Crippen LogP contribution in [-0.2, 0) is 0 Å². The van der Waals surface area contributed by atoms with Crippen LogP contribution in [0.3, 0.4) is 0 Å². The van der Waals surface area contributed by atoms with Crippen LogP contribution in [0, 0.1) is 0 Å². The minimum absolute atomic E-state index is 0.671. The van der Waals surface area contributed by atoms with Gasteiger partial charge in [-0.05, 0) is 0 Å². The molecule has 5 heteroatoms. The van der Waals surface area contributed by atoms with Gasteiger partial charge in [0.2, 0.25) is 0 Å². The lowest BCUT2D eigenvalue weighted by Gasteiger charge is -1.94. The maximum atomic E-state index is 4.02. The molecule has 0 unspecified atom stereocenters. The highest BCUT2D eigenvalue weighted by molar-refractivity contribution is 5.12. The van der Waals surface area contributed by atoms with Crippen molar-refractivity contribution in [3.8, 4) is 5.82 Å². The Morgan fingerprint density at radius 2 is 2.18 bits per heavy atom. The fourth-order valence-corrected chi connectivity index (χ4v) is 0.736. The molecular formula is C6H5N5. The van der Waals surface area contributed by atoms with Crippen molar-refractivity contribution in [2.45, 2.75) is 0 Å². The molecule has 0 saturated carbocycles. The summed E-state index contributed by atoms with van der Waals surface area (Å²) in [5.74, 6) is 0.671. The Hall–Kier alpha value is -1.78. The molecule has 0 bridgehead atoms. The predicted molar refractivity (Wildman–Crippen MR) is 36.9 cm³/mol. The average Bonchev–Trinajstić information content (AvgIpc) is 2.58. The van der Waals surface area contributed by atoms with E-state index in [1.165, 1.54) is 6.33 Å². The molecule has 0 radical (unpaired) electrons. The van der Waals surface area contributed by atoms with Gasteiger partial charge in [0, 0.05) is 12.4 Å². The summed E-state index contributed by atoms with van der Waals surface area (Å²) in [5.41, 5.74) is 0. The van der Waals surface area contributed by atoms with Gasteiger partial charge in [0.05, 0.1) is 6.20 Å². The van der Waals surface area contributed by atoms with E-state index in [9.17, 15) is 0 Å². The second-order valence-corrected chi connectivity index (χ2v) is 1.90. The molecule has 0 aliphatic heterocycles. The molecule has 0 atom stereocenters. The third kappa shape index (κ3) is 1.07. The van der Waals surface area contributed by atoms with Crippen molar-refractivity contribution in [2.24, 2.45) is 0 Å². The molecular weight excluding hydrogens is 142 g/mol. The smallest absolute Gasteiger partial charge is 0.173 e. The molecule has 5 nitrogen and oxygen atoms in total. The second kappa shape index (κ2) is 2.45. The van der Waals surface area contributed by atoms with Crippen molar-refractivity contribution in [2.75, 3.05) is 0 Å². The van der Waals surface area contributed by atoms with Crippen molar-refractivity contribution in [3.63, 3.8) is 0 Å². The van der Waals surface area contributed by atoms with E-state index in [-0.39, 0.29) is 0 Å². The second-order valence-electron chi connectivity index (χ2n) is 1.90. The summed E-state index contributed by atoms with van der Waals surface area (Å²) in [6, 6.07) is 0. The van der Waals surface area contributed by atoms with Gasteiger partial charge in [-0.3, -0.25) is 4.98 Å². The summed E-state index contributed by atoms with van der Waals surface area (Å²) in [6.45, 7) is 0. The van der Waals surface area contributed by atoms with Gasteiger partial charge in [-0.2, -0.15) is 5.10 Å². The topological polar surface area (TPSA) is 56.5 Å². The van der Waals surface area contributed by atoms with Crippen LogP contribution in [0.15, 0.2) is 31.2 Å². The highest BCUT2D eigenvalue weighted by atomic mass is 15.3. The highest BCUT2D eigenvalue weighted by Crippen LogP contribution is 1.94. The van der Waals surface area contributed by atoms with E-state index < -0.39 is 0 Å². The third-order valence-electron chi connectivity index (χ3n) is 1.20. The Kier molecular flexibility index (Phi) is 1.33. The molecule has 0 fully saturated rings. The zero-order valence-corrected chi connectivity index (χ0v) is 5.62. The van der Waals surface area contributed by atoms with Crippen molar-refractivity contribution in [1.29, 1.82) is 0 Å². The molecule has 0 aromatic carbocycles. The number of hydrogen-bond acceptors (Lipinski definition) is 4. The Morgan fingerprint density at radius 3 is 2.82 bits per heavy atom.